The molecule has 0 aliphatic heterocycles. The predicted molar refractivity (Wildman–Crippen MR) is 64.1 cm³/mol. The molecule has 0 spiro atoms. The van der Waals surface area contributed by atoms with Crippen LogP contribution in [0.5, 0.6) is 0 Å². The summed E-state index contributed by atoms with van der Waals surface area (Å²) in [4.78, 5) is 11.3. The maximum atomic E-state index is 11.3. The Morgan fingerprint density at radius 2 is 1.80 bits per heavy atom. The van der Waals surface area contributed by atoms with Crippen molar-refractivity contribution >= 4 is 17.7 Å². The molecule has 0 saturated carbocycles. The molecule has 0 saturated heterocycles. The fraction of sp³-hybridized carbons (Fsp3) is 0.909. The number of carbonyl (C=O) groups is 1. The van der Waals surface area contributed by atoms with Crippen LogP contribution in [-0.2, 0) is 9.53 Å². The summed E-state index contributed by atoms with van der Waals surface area (Å²) in [6.45, 7) is 9.08. The summed E-state index contributed by atoms with van der Waals surface area (Å²) in [5, 5.41) is 9.43. The first-order valence-corrected chi connectivity index (χ1v) is 6.28. The normalized spacial score (nSPS) is 12.7. The van der Waals surface area contributed by atoms with Crippen LogP contribution in [-0.4, -0.2) is 33.8 Å². The second-order valence-corrected chi connectivity index (χ2v) is 6.31. The lowest BCUT2D eigenvalue weighted by molar-refractivity contribution is -0.154. The van der Waals surface area contributed by atoms with Crippen LogP contribution in [0.25, 0.3) is 0 Å². The molecule has 1 N–H and O–H groups in total. The van der Waals surface area contributed by atoms with Gasteiger partial charge in [0.1, 0.15) is 5.60 Å². The van der Waals surface area contributed by atoms with Crippen LogP contribution < -0.4 is 0 Å². The van der Waals surface area contributed by atoms with E-state index in [1.807, 2.05) is 20.8 Å². The van der Waals surface area contributed by atoms with Crippen molar-refractivity contribution in [2.45, 2.75) is 52.2 Å². The number of hydrogen-bond donors (Lipinski definition) is 1. The van der Waals surface area contributed by atoms with Crippen LogP contribution in [0.2, 0.25) is 0 Å². The lowest BCUT2D eigenvalue weighted by atomic mass is 10.2. The summed E-state index contributed by atoms with van der Waals surface area (Å²) < 4.78 is 5.16. The quantitative estimate of drug-likeness (QED) is 0.585. The van der Waals surface area contributed by atoms with Crippen LogP contribution in [0, 0.1) is 0 Å². The van der Waals surface area contributed by atoms with E-state index in [0.29, 0.717) is 17.9 Å². The van der Waals surface area contributed by atoms with Gasteiger partial charge >= 0.3 is 5.97 Å². The van der Waals surface area contributed by atoms with Crippen molar-refractivity contribution < 1.29 is 14.6 Å². The van der Waals surface area contributed by atoms with Gasteiger partial charge in [0.2, 0.25) is 0 Å². The first-order valence-electron chi connectivity index (χ1n) is 5.12. The molecule has 4 heteroatoms. The highest BCUT2D eigenvalue weighted by Crippen LogP contribution is 2.14. The predicted octanol–water partition coefficient (Wildman–Crippen LogP) is 2.22. The van der Waals surface area contributed by atoms with Crippen molar-refractivity contribution in [3.8, 4) is 0 Å². The van der Waals surface area contributed by atoms with Crippen LogP contribution in [0.4, 0.5) is 0 Å². The van der Waals surface area contributed by atoms with E-state index in [2.05, 4.69) is 0 Å². The summed E-state index contributed by atoms with van der Waals surface area (Å²) in [7, 11) is 0. The largest absolute Gasteiger partial charge is 0.460 e. The van der Waals surface area contributed by atoms with Gasteiger partial charge in [-0.25, -0.2) is 0 Å². The van der Waals surface area contributed by atoms with Gasteiger partial charge in [-0.3, -0.25) is 4.79 Å². The standard InChI is InChI=1S/C11H22O3S/c1-10(2,3)14-9(12)6-7-15-8-11(4,5)13/h13H,6-8H2,1-5H3. The molecule has 0 unspecified atom stereocenters. The fourth-order valence-electron chi connectivity index (χ4n) is 0.870. The number of hydrogen-bond acceptors (Lipinski definition) is 4. The molecule has 3 nitrogen and oxygen atoms in total. The third-order valence-electron chi connectivity index (χ3n) is 1.33. The molecule has 0 atom stereocenters. The van der Waals surface area contributed by atoms with E-state index in [-0.39, 0.29) is 5.97 Å². The van der Waals surface area contributed by atoms with Crippen LogP contribution in [0.3, 0.4) is 0 Å². The van der Waals surface area contributed by atoms with Gasteiger partial charge in [-0.15, -0.1) is 0 Å². The van der Waals surface area contributed by atoms with E-state index in [4.69, 9.17) is 4.74 Å². The average molecular weight is 234 g/mol. The molecule has 0 amide bonds. The minimum Gasteiger partial charge on any atom is -0.460 e. The van der Waals surface area contributed by atoms with Gasteiger partial charge in [-0.2, -0.15) is 11.8 Å². The second kappa shape index (κ2) is 5.75. The van der Waals surface area contributed by atoms with Crippen LogP contribution >= 0.6 is 11.8 Å². The Morgan fingerprint density at radius 1 is 1.27 bits per heavy atom. The topological polar surface area (TPSA) is 46.5 Å². The average Bonchev–Trinajstić information content (AvgIpc) is 1.92. The Balaban J connectivity index is 3.57. The Bertz CT molecular complexity index is 201. The number of rotatable bonds is 5. The number of carbonyl (C=O) groups excluding carboxylic acids is 1. The number of aliphatic hydroxyl groups is 1. The molecule has 0 heterocycles. The van der Waals surface area contributed by atoms with Crippen molar-refractivity contribution in [2.24, 2.45) is 0 Å². The van der Waals surface area contributed by atoms with Crippen molar-refractivity contribution in [1.82, 2.24) is 0 Å². The minimum absolute atomic E-state index is 0.175. The smallest absolute Gasteiger partial charge is 0.307 e. The van der Waals surface area contributed by atoms with Gasteiger partial charge < -0.3 is 9.84 Å². The highest BCUT2D eigenvalue weighted by molar-refractivity contribution is 7.99. The van der Waals surface area contributed by atoms with Gasteiger partial charge in [-0.05, 0) is 34.6 Å². The molecule has 0 radical (unpaired) electrons. The van der Waals surface area contributed by atoms with Crippen LogP contribution in [0.1, 0.15) is 41.0 Å². The molecule has 0 rings (SSSR count). The van der Waals surface area contributed by atoms with Crippen LogP contribution in [0.15, 0.2) is 0 Å². The Hall–Kier alpha value is -0.220. The molecule has 0 fully saturated rings. The maximum absolute atomic E-state index is 11.3. The van der Waals surface area contributed by atoms with Gasteiger partial charge in [0.05, 0.1) is 12.0 Å². The minimum atomic E-state index is -0.668. The molecule has 0 aromatic carbocycles. The lowest BCUT2D eigenvalue weighted by Gasteiger charge is -2.20. The summed E-state index contributed by atoms with van der Waals surface area (Å²) >= 11 is 1.56. The number of ether oxygens (including phenoxy) is 1. The van der Waals surface area contributed by atoms with E-state index in [0.717, 1.165) is 0 Å². The van der Waals surface area contributed by atoms with Gasteiger partial charge in [-0.1, -0.05) is 0 Å². The van der Waals surface area contributed by atoms with E-state index in [1.165, 1.54) is 0 Å². The first-order chi connectivity index (χ1) is 6.60. The van der Waals surface area contributed by atoms with Crippen molar-refractivity contribution in [1.29, 1.82) is 0 Å². The molecule has 0 aromatic heterocycles. The highest BCUT2D eigenvalue weighted by Gasteiger charge is 2.16. The summed E-state index contributed by atoms with van der Waals surface area (Å²) in [6, 6.07) is 0. The molecule has 0 aliphatic rings. The third kappa shape index (κ3) is 11.7. The fourth-order valence-corrected chi connectivity index (χ4v) is 1.82. The van der Waals surface area contributed by atoms with Crippen molar-refractivity contribution in [3.05, 3.63) is 0 Å². The van der Waals surface area contributed by atoms with Gasteiger partial charge in [0.15, 0.2) is 0 Å². The Morgan fingerprint density at radius 3 is 2.20 bits per heavy atom. The van der Waals surface area contributed by atoms with Gasteiger partial charge in [0, 0.05) is 11.5 Å². The van der Waals surface area contributed by atoms with E-state index >= 15 is 0 Å². The van der Waals surface area contributed by atoms with E-state index < -0.39 is 11.2 Å². The van der Waals surface area contributed by atoms with Crippen molar-refractivity contribution in [3.63, 3.8) is 0 Å². The van der Waals surface area contributed by atoms with E-state index in [1.54, 1.807) is 25.6 Å². The molecule has 0 aliphatic carbocycles. The molecule has 90 valence electrons. The highest BCUT2D eigenvalue weighted by atomic mass is 32.2. The summed E-state index contributed by atoms with van der Waals surface area (Å²) in [6.07, 6.45) is 0.401. The Labute approximate surface area is 96.6 Å². The first kappa shape index (κ1) is 14.8. The zero-order chi connectivity index (χ0) is 12.1. The second-order valence-electron chi connectivity index (χ2n) is 5.20. The molecular formula is C11H22O3S. The zero-order valence-electron chi connectivity index (χ0n) is 10.3. The lowest BCUT2D eigenvalue weighted by Crippen LogP contribution is -2.25. The summed E-state index contributed by atoms with van der Waals surface area (Å²) in [5.74, 6) is 1.15. The number of esters is 1. The SMILES string of the molecule is CC(C)(O)CSCCC(=O)OC(C)(C)C. The zero-order valence-corrected chi connectivity index (χ0v) is 11.1. The molecular weight excluding hydrogens is 212 g/mol. The van der Waals surface area contributed by atoms with Crippen molar-refractivity contribution in [2.75, 3.05) is 11.5 Å². The van der Waals surface area contributed by atoms with E-state index in [9.17, 15) is 9.90 Å². The monoisotopic (exact) mass is 234 g/mol. The third-order valence-corrected chi connectivity index (χ3v) is 2.73. The Kier molecular flexibility index (Phi) is 5.67. The molecule has 0 aromatic rings. The summed E-state index contributed by atoms with van der Waals surface area (Å²) in [5.41, 5.74) is -1.07. The van der Waals surface area contributed by atoms with Gasteiger partial charge in [0.25, 0.3) is 0 Å². The number of thioether (sulfide) groups is 1. The maximum Gasteiger partial charge on any atom is 0.307 e. The molecule has 0 bridgehead atoms. The molecule has 15 heavy (non-hydrogen) atoms.